The molecule has 0 spiro atoms. The minimum Gasteiger partial charge on any atom is -0.449 e. The van der Waals surface area contributed by atoms with Gasteiger partial charge in [-0.2, -0.15) is 0 Å². The first-order chi connectivity index (χ1) is 6.12. The Morgan fingerprint density at radius 1 is 1.23 bits per heavy atom. The lowest BCUT2D eigenvalue weighted by atomic mass is 10.3. The highest BCUT2D eigenvalue weighted by Crippen LogP contribution is 2.43. The second-order valence-corrected chi connectivity index (χ2v) is 3.49. The van der Waals surface area contributed by atoms with Crippen LogP contribution in [0.1, 0.15) is 13.8 Å². The summed E-state index contributed by atoms with van der Waals surface area (Å²) >= 11 is 0. The van der Waals surface area contributed by atoms with E-state index in [9.17, 15) is 0 Å². The number of rotatable bonds is 1. The molecule has 0 aliphatic carbocycles. The largest absolute Gasteiger partial charge is 0.449 e. The Hall–Kier alpha value is -1.38. The van der Waals surface area contributed by atoms with Gasteiger partial charge in [0.25, 0.3) is 0 Å². The van der Waals surface area contributed by atoms with E-state index in [1.807, 2.05) is 39.1 Å². The number of fused-ring (bicyclic) bond motifs is 1. The lowest BCUT2D eigenvalue weighted by molar-refractivity contribution is -0.0428. The van der Waals surface area contributed by atoms with Crippen LogP contribution in [-0.4, -0.2) is 12.8 Å². The Morgan fingerprint density at radius 2 is 2.00 bits per heavy atom. The first-order valence-electron chi connectivity index (χ1n) is 4.31. The molecule has 13 heavy (non-hydrogen) atoms. The Balaban J connectivity index is 2.45. The van der Waals surface area contributed by atoms with E-state index >= 15 is 0 Å². The fourth-order valence-corrected chi connectivity index (χ4v) is 1.43. The van der Waals surface area contributed by atoms with Gasteiger partial charge in [-0.3, -0.25) is 0 Å². The van der Waals surface area contributed by atoms with Crippen LogP contribution >= 0.6 is 0 Å². The van der Waals surface area contributed by atoms with Crippen LogP contribution in [0.25, 0.3) is 0 Å². The summed E-state index contributed by atoms with van der Waals surface area (Å²) in [6.45, 7) is 3.79. The second kappa shape index (κ2) is 2.55. The molecule has 1 aliphatic rings. The van der Waals surface area contributed by atoms with Crippen molar-refractivity contribution in [2.24, 2.45) is 0 Å². The van der Waals surface area contributed by atoms with Crippen molar-refractivity contribution in [3.8, 4) is 11.5 Å². The molecule has 0 saturated carbocycles. The number of nitrogens with one attached hydrogen (secondary N) is 1. The van der Waals surface area contributed by atoms with Crippen molar-refractivity contribution in [2.75, 3.05) is 12.4 Å². The molecule has 1 aromatic carbocycles. The SMILES string of the molecule is CNc1cccc2c1OC(C)(C)O2. The highest BCUT2D eigenvalue weighted by Gasteiger charge is 2.32. The maximum absolute atomic E-state index is 5.63. The van der Waals surface area contributed by atoms with Gasteiger partial charge in [0.1, 0.15) is 0 Å². The fourth-order valence-electron chi connectivity index (χ4n) is 1.43. The summed E-state index contributed by atoms with van der Waals surface area (Å²) in [5.41, 5.74) is 0.961. The minimum atomic E-state index is -0.546. The van der Waals surface area contributed by atoms with Crippen LogP contribution in [0.5, 0.6) is 11.5 Å². The Kier molecular flexibility index (Phi) is 1.62. The third-order valence-electron chi connectivity index (χ3n) is 1.95. The molecule has 0 amide bonds. The predicted octanol–water partition coefficient (Wildman–Crippen LogP) is 2.24. The predicted molar refractivity (Wildman–Crippen MR) is 51.3 cm³/mol. The highest BCUT2D eigenvalue weighted by molar-refractivity contribution is 5.64. The third-order valence-corrected chi connectivity index (χ3v) is 1.95. The molecule has 70 valence electrons. The van der Waals surface area contributed by atoms with Crippen molar-refractivity contribution < 1.29 is 9.47 Å². The second-order valence-electron chi connectivity index (χ2n) is 3.49. The Morgan fingerprint density at radius 3 is 2.69 bits per heavy atom. The van der Waals surface area contributed by atoms with Gasteiger partial charge >= 0.3 is 0 Å². The molecule has 2 rings (SSSR count). The molecule has 0 atom stereocenters. The Bertz CT molecular complexity index is 334. The van der Waals surface area contributed by atoms with Gasteiger partial charge in [0.2, 0.25) is 5.79 Å². The molecule has 0 unspecified atom stereocenters. The van der Waals surface area contributed by atoms with Crippen LogP contribution in [0.4, 0.5) is 5.69 Å². The number of anilines is 1. The summed E-state index contributed by atoms with van der Waals surface area (Å²) in [4.78, 5) is 0. The van der Waals surface area contributed by atoms with Gasteiger partial charge < -0.3 is 14.8 Å². The number of hydrogen-bond acceptors (Lipinski definition) is 3. The molecule has 1 aliphatic heterocycles. The van der Waals surface area contributed by atoms with Crippen LogP contribution in [-0.2, 0) is 0 Å². The zero-order valence-electron chi connectivity index (χ0n) is 8.05. The number of ether oxygens (including phenoxy) is 2. The molecule has 0 bridgehead atoms. The van der Waals surface area contributed by atoms with Crippen molar-refractivity contribution in [3.63, 3.8) is 0 Å². The summed E-state index contributed by atoms with van der Waals surface area (Å²) in [6.07, 6.45) is 0. The van der Waals surface area contributed by atoms with Crippen molar-refractivity contribution in [2.45, 2.75) is 19.6 Å². The van der Waals surface area contributed by atoms with Crippen LogP contribution in [0.3, 0.4) is 0 Å². The molecule has 3 nitrogen and oxygen atoms in total. The molecular weight excluding hydrogens is 166 g/mol. The number of hydrogen-bond donors (Lipinski definition) is 1. The van der Waals surface area contributed by atoms with E-state index in [1.165, 1.54) is 0 Å². The average molecular weight is 179 g/mol. The highest BCUT2D eigenvalue weighted by atomic mass is 16.7. The Labute approximate surface area is 77.7 Å². The van der Waals surface area contributed by atoms with Gasteiger partial charge in [0.15, 0.2) is 11.5 Å². The zero-order valence-corrected chi connectivity index (χ0v) is 8.05. The zero-order chi connectivity index (χ0) is 9.47. The van der Waals surface area contributed by atoms with E-state index in [0.29, 0.717) is 0 Å². The standard InChI is InChI=1S/C10H13NO2/c1-10(2)12-8-6-4-5-7(11-3)9(8)13-10/h4-6,11H,1-3H3. The van der Waals surface area contributed by atoms with E-state index in [4.69, 9.17) is 9.47 Å². The van der Waals surface area contributed by atoms with E-state index in [-0.39, 0.29) is 0 Å². The summed E-state index contributed by atoms with van der Waals surface area (Å²) in [6, 6.07) is 5.81. The number of para-hydroxylation sites is 1. The topological polar surface area (TPSA) is 30.5 Å². The smallest absolute Gasteiger partial charge is 0.246 e. The summed E-state index contributed by atoms with van der Waals surface area (Å²) in [5.74, 6) is 1.06. The van der Waals surface area contributed by atoms with Gasteiger partial charge in [-0.1, -0.05) is 6.07 Å². The summed E-state index contributed by atoms with van der Waals surface area (Å²) in [5, 5.41) is 3.06. The van der Waals surface area contributed by atoms with E-state index in [0.717, 1.165) is 17.2 Å². The molecule has 1 heterocycles. The van der Waals surface area contributed by atoms with Gasteiger partial charge in [-0.15, -0.1) is 0 Å². The van der Waals surface area contributed by atoms with E-state index in [2.05, 4.69) is 5.32 Å². The average Bonchev–Trinajstić information content (AvgIpc) is 2.37. The summed E-state index contributed by atoms with van der Waals surface area (Å²) < 4.78 is 11.2. The van der Waals surface area contributed by atoms with Gasteiger partial charge in [0, 0.05) is 20.9 Å². The van der Waals surface area contributed by atoms with E-state index in [1.54, 1.807) is 0 Å². The molecule has 1 N–H and O–H groups in total. The molecule has 3 heteroatoms. The maximum atomic E-state index is 5.63. The first kappa shape index (κ1) is 8.23. The molecule has 0 saturated heterocycles. The molecule has 0 fully saturated rings. The van der Waals surface area contributed by atoms with Crippen LogP contribution in [0.15, 0.2) is 18.2 Å². The van der Waals surface area contributed by atoms with Crippen LogP contribution in [0, 0.1) is 0 Å². The third kappa shape index (κ3) is 1.30. The van der Waals surface area contributed by atoms with Gasteiger partial charge in [0.05, 0.1) is 5.69 Å². The van der Waals surface area contributed by atoms with Gasteiger partial charge in [-0.25, -0.2) is 0 Å². The fraction of sp³-hybridized carbons (Fsp3) is 0.400. The lowest BCUT2D eigenvalue weighted by Gasteiger charge is -2.16. The van der Waals surface area contributed by atoms with Crippen molar-refractivity contribution in [3.05, 3.63) is 18.2 Å². The lowest BCUT2D eigenvalue weighted by Crippen LogP contribution is -2.29. The molecule has 0 aromatic heterocycles. The van der Waals surface area contributed by atoms with Crippen LogP contribution in [0.2, 0.25) is 0 Å². The summed E-state index contributed by atoms with van der Waals surface area (Å²) in [7, 11) is 1.87. The molecular formula is C10H13NO2. The van der Waals surface area contributed by atoms with Crippen molar-refractivity contribution >= 4 is 5.69 Å². The normalized spacial score (nSPS) is 17.2. The van der Waals surface area contributed by atoms with E-state index < -0.39 is 5.79 Å². The quantitative estimate of drug-likeness (QED) is 0.717. The first-order valence-corrected chi connectivity index (χ1v) is 4.31. The molecule has 1 aromatic rings. The van der Waals surface area contributed by atoms with Crippen LogP contribution < -0.4 is 14.8 Å². The van der Waals surface area contributed by atoms with Crippen molar-refractivity contribution in [1.29, 1.82) is 0 Å². The molecule has 0 radical (unpaired) electrons. The maximum Gasteiger partial charge on any atom is 0.246 e. The number of benzene rings is 1. The monoisotopic (exact) mass is 179 g/mol. The van der Waals surface area contributed by atoms with Crippen molar-refractivity contribution in [1.82, 2.24) is 0 Å². The van der Waals surface area contributed by atoms with Gasteiger partial charge in [-0.05, 0) is 12.1 Å². The minimum absolute atomic E-state index is 0.546.